The predicted octanol–water partition coefficient (Wildman–Crippen LogP) is 2.85. The van der Waals surface area contributed by atoms with E-state index in [4.69, 9.17) is 22.1 Å². The van der Waals surface area contributed by atoms with Crippen LogP contribution in [0, 0.1) is 5.82 Å². The third-order valence-electron chi connectivity index (χ3n) is 4.72. The summed E-state index contributed by atoms with van der Waals surface area (Å²) in [5.41, 5.74) is 7.12. The Morgan fingerprint density at radius 3 is 2.71 bits per heavy atom. The number of nitrogens with zero attached hydrogens (tertiary/aromatic N) is 1. The molecule has 0 aromatic heterocycles. The van der Waals surface area contributed by atoms with Gasteiger partial charge >= 0.3 is 0 Å². The monoisotopic (exact) mass is 314 g/mol. The van der Waals surface area contributed by atoms with E-state index in [0.29, 0.717) is 6.42 Å². The van der Waals surface area contributed by atoms with Crippen molar-refractivity contribution in [3.63, 3.8) is 0 Å². The molecule has 1 aliphatic rings. The molecule has 5 heteroatoms. The highest BCUT2D eigenvalue weighted by molar-refractivity contribution is 6.31. The number of benzene rings is 1. The number of nitrogens with two attached hydrogens (primary N) is 1. The molecule has 1 saturated heterocycles. The molecule has 0 aliphatic carbocycles. The van der Waals surface area contributed by atoms with Crippen LogP contribution in [-0.4, -0.2) is 42.8 Å². The Balaban J connectivity index is 2.15. The first kappa shape index (κ1) is 16.7. The van der Waals surface area contributed by atoms with Gasteiger partial charge in [-0.15, -0.1) is 0 Å². The standard InChI is InChI=1S/C16H24ClFN2O/c1-3-16(2,20-7-9-21-10-8-20)14(19)11-12-5-4-6-13(18)15(12)17/h4-6,14H,3,7-11,19H2,1-2H3. The highest BCUT2D eigenvalue weighted by atomic mass is 35.5. The van der Waals surface area contributed by atoms with Gasteiger partial charge in [0.15, 0.2) is 0 Å². The van der Waals surface area contributed by atoms with Gasteiger partial charge in [0, 0.05) is 24.7 Å². The summed E-state index contributed by atoms with van der Waals surface area (Å²) >= 11 is 6.05. The smallest absolute Gasteiger partial charge is 0.142 e. The van der Waals surface area contributed by atoms with E-state index in [-0.39, 0.29) is 22.4 Å². The number of hydrogen-bond donors (Lipinski definition) is 1. The van der Waals surface area contributed by atoms with Crippen LogP contribution in [0.15, 0.2) is 18.2 Å². The summed E-state index contributed by atoms with van der Waals surface area (Å²) in [6.45, 7) is 7.56. The number of morpholine rings is 1. The quantitative estimate of drug-likeness (QED) is 0.908. The van der Waals surface area contributed by atoms with Gasteiger partial charge in [-0.2, -0.15) is 0 Å². The van der Waals surface area contributed by atoms with Gasteiger partial charge in [-0.05, 0) is 31.4 Å². The van der Waals surface area contributed by atoms with Gasteiger partial charge in [-0.1, -0.05) is 30.7 Å². The van der Waals surface area contributed by atoms with Crippen molar-refractivity contribution < 1.29 is 9.13 Å². The van der Waals surface area contributed by atoms with Crippen molar-refractivity contribution in [3.05, 3.63) is 34.6 Å². The molecule has 3 nitrogen and oxygen atoms in total. The van der Waals surface area contributed by atoms with Crippen LogP contribution in [0.4, 0.5) is 4.39 Å². The van der Waals surface area contributed by atoms with Crippen molar-refractivity contribution in [1.82, 2.24) is 4.90 Å². The van der Waals surface area contributed by atoms with Crippen LogP contribution in [0.5, 0.6) is 0 Å². The molecular weight excluding hydrogens is 291 g/mol. The third-order valence-corrected chi connectivity index (χ3v) is 5.14. The van der Waals surface area contributed by atoms with Gasteiger partial charge in [-0.3, -0.25) is 4.90 Å². The molecule has 1 aromatic carbocycles. The molecule has 1 aromatic rings. The van der Waals surface area contributed by atoms with Gasteiger partial charge in [-0.25, -0.2) is 4.39 Å². The van der Waals surface area contributed by atoms with E-state index in [1.165, 1.54) is 6.07 Å². The molecule has 1 heterocycles. The number of ether oxygens (including phenoxy) is 1. The minimum atomic E-state index is -0.383. The van der Waals surface area contributed by atoms with Crippen molar-refractivity contribution in [1.29, 1.82) is 0 Å². The van der Waals surface area contributed by atoms with Crippen molar-refractivity contribution in [2.24, 2.45) is 5.73 Å². The van der Waals surface area contributed by atoms with Gasteiger partial charge < -0.3 is 10.5 Å². The molecule has 0 radical (unpaired) electrons. The molecular formula is C16H24ClFN2O. The zero-order valence-electron chi connectivity index (χ0n) is 12.7. The highest BCUT2D eigenvalue weighted by Crippen LogP contribution is 2.28. The average molecular weight is 315 g/mol. The van der Waals surface area contributed by atoms with Gasteiger partial charge in [0.1, 0.15) is 5.82 Å². The van der Waals surface area contributed by atoms with Gasteiger partial charge in [0.05, 0.1) is 18.2 Å². The van der Waals surface area contributed by atoms with Crippen LogP contribution in [-0.2, 0) is 11.2 Å². The maximum absolute atomic E-state index is 13.6. The predicted molar refractivity (Wildman–Crippen MR) is 84.2 cm³/mol. The molecule has 21 heavy (non-hydrogen) atoms. The molecule has 1 fully saturated rings. The fourth-order valence-corrected chi connectivity index (χ4v) is 3.16. The lowest BCUT2D eigenvalue weighted by atomic mass is 9.83. The summed E-state index contributed by atoms with van der Waals surface area (Å²) in [7, 11) is 0. The first-order valence-corrected chi connectivity index (χ1v) is 7.88. The van der Waals surface area contributed by atoms with Crippen LogP contribution >= 0.6 is 11.6 Å². The maximum atomic E-state index is 13.6. The first-order chi connectivity index (χ1) is 9.99. The van der Waals surface area contributed by atoms with Crippen molar-refractivity contribution in [2.45, 2.75) is 38.3 Å². The summed E-state index contributed by atoms with van der Waals surface area (Å²) in [6.07, 6.45) is 1.50. The Morgan fingerprint density at radius 1 is 1.43 bits per heavy atom. The Labute approximate surface area is 131 Å². The summed E-state index contributed by atoms with van der Waals surface area (Å²) in [6, 6.07) is 4.79. The van der Waals surface area contributed by atoms with Crippen LogP contribution in [0.3, 0.4) is 0 Å². The zero-order chi connectivity index (χ0) is 15.5. The Morgan fingerprint density at radius 2 is 2.10 bits per heavy atom. The lowest BCUT2D eigenvalue weighted by Gasteiger charge is -2.46. The van der Waals surface area contributed by atoms with Crippen LogP contribution < -0.4 is 5.73 Å². The number of rotatable bonds is 5. The Hall–Kier alpha value is -0.680. The van der Waals surface area contributed by atoms with Crippen LogP contribution in [0.25, 0.3) is 0 Å². The van der Waals surface area contributed by atoms with E-state index in [9.17, 15) is 4.39 Å². The normalized spacial score (nSPS) is 21.0. The van der Waals surface area contributed by atoms with Crippen molar-refractivity contribution in [3.8, 4) is 0 Å². The molecule has 2 rings (SSSR count). The second-order valence-corrected chi connectivity index (χ2v) is 6.21. The topological polar surface area (TPSA) is 38.5 Å². The molecule has 2 N–H and O–H groups in total. The fraction of sp³-hybridized carbons (Fsp3) is 0.625. The molecule has 0 spiro atoms. The molecule has 1 aliphatic heterocycles. The summed E-state index contributed by atoms with van der Waals surface area (Å²) in [5.74, 6) is -0.383. The van der Waals surface area contributed by atoms with Gasteiger partial charge in [0.2, 0.25) is 0 Å². The highest BCUT2D eigenvalue weighted by Gasteiger charge is 2.37. The molecule has 2 unspecified atom stereocenters. The molecule has 0 saturated carbocycles. The number of hydrogen-bond acceptors (Lipinski definition) is 3. The zero-order valence-corrected chi connectivity index (χ0v) is 13.5. The van der Waals surface area contributed by atoms with Crippen molar-refractivity contribution in [2.75, 3.05) is 26.3 Å². The molecule has 118 valence electrons. The SMILES string of the molecule is CCC(C)(C(N)Cc1cccc(F)c1Cl)N1CCOCC1. The minimum Gasteiger partial charge on any atom is -0.379 e. The third kappa shape index (κ3) is 3.57. The lowest BCUT2D eigenvalue weighted by molar-refractivity contribution is -0.0272. The summed E-state index contributed by atoms with van der Waals surface area (Å²) in [5, 5.41) is 0.188. The lowest BCUT2D eigenvalue weighted by Crippen LogP contribution is -2.61. The molecule has 0 bridgehead atoms. The average Bonchev–Trinajstić information content (AvgIpc) is 2.51. The Kier molecular flexibility index (Phi) is 5.60. The molecule has 2 atom stereocenters. The summed E-state index contributed by atoms with van der Waals surface area (Å²) in [4.78, 5) is 2.38. The number of halogens is 2. The van der Waals surface area contributed by atoms with E-state index in [0.717, 1.165) is 38.3 Å². The van der Waals surface area contributed by atoms with Crippen LogP contribution in [0.2, 0.25) is 5.02 Å². The van der Waals surface area contributed by atoms with E-state index >= 15 is 0 Å². The fourth-order valence-electron chi connectivity index (χ4n) is 2.96. The van der Waals surface area contributed by atoms with Gasteiger partial charge in [0.25, 0.3) is 0 Å². The minimum absolute atomic E-state index is 0.111. The Bertz CT molecular complexity index is 479. The van der Waals surface area contributed by atoms with E-state index < -0.39 is 0 Å². The largest absolute Gasteiger partial charge is 0.379 e. The van der Waals surface area contributed by atoms with E-state index in [1.54, 1.807) is 6.07 Å². The van der Waals surface area contributed by atoms with E-state index in [2.05, 4.69) is 18.7 Å². The second kappa shape index (κ2) is 7.05. The van der Waals surface area contributed by atoms with Crippen molar-refractivity contribution >= 4 is 11.6 Å². The summed E-state index contributed by atoms with van der Waals surface area (Å²) < 4.78 is 19.0. The second-order valence-electron chi connectivity index (χ2n) is 5.83. The van der Waals surface area contributed by atoms with Crippen LogP contribution in [0.1, 0.15) is 25.8 Å². The van der Waals surface area contributed by atoms with E-state index in [1.807, 2.05) is 6.07 Å². The molecule has 0 amide bonds. The maximum Gasteiger partial charge on any atom is 0.142 e. The first-order valence-electron chi connectivity index (χ1n) is 7.50.